The van der Waals surface area contributed by atoms with E-state index in [4.69, 9.17) is 10.4 Å². The summed E-state index contributed by atoms with van der Waals surface area (Å²) in [6.45, 7) is 0.353. The molecule has 1 unspecified atom stereocenters. The van der Waals surface area contributed by atoms with Crippen LogP contribution < -0.4 is 0 Å². The number of hydrogen-bond acceptors (Lipinski definition) is 4. The van der Waals surface area contributed by atoms with Crippen molar-refractivity contribution in [3.05, 3.63) is 18.0 Å². The Morgan fingerprint density at radius 2 is 2.22 bits per heavy atom. The summed E-state index contributed by atoms with van der Waals surface area (Å²) in [4.78, 5) is 1.50. The van der Waals surface area contributed by atoms with E-state index in [1.165, 1.54) is 11.1 Å². The van der Waals surface area contributed by atoms with Crippen LogP contribution in [0.1, 0.15) is 11.6 Å². The highest BCUT2D eigenvalue weighted by atomic mass is 19.4. The lowest BCUT2D eigenvalue weighted by atomic mass is 10.1. The first kappa shape index (κ1) is 12.9. The van der Waals surface area contributed by atoms with Gasteiger partial charge in [-0.15, -0.1) is 0 Å². The third kappa shape index (κ3) is 2.63. The van der Waals surface area contributed by atoms with Crippen LogP contribution in [0.5, 0.6) is 0 Å². The lowest BCUT2D eigenvalue weighted by Gasteiger charge is -2.40. The van der Waals surface area contributed by atoms with Crippen LogP contribution in [0, 0.1) is 11.3 Å². The van der Waals surface area contributed by atoms with E-state index in [9.17, 15) is 13.2 Å². The van der Waals surface area contributed by atoms with Crippen molar-refractivity contribution in [3.63, 3.8) is 0 Å². The third-order valence-corrected chi connectivity index (χ3v) is 2.85. The number of halogens is 3. The Labute approximate surface area is 101 Å². The first-order valence-electron chi connectivity index (χ1n) is 5.31. The molecule has 2 rings (SSSR count). The van der Waals surface area contributed by atoms with Crippen LogP contribution in [0.3, 0.4) is 0 Å². The Hall–Kier alpha value is -1.59. The van der Waals surface area contributed by atoms with Gasteiger partial charge >= 0.3 is 6.18 Å². The zero-order chi connectivity index (χ0) is 13.3. The zero-order valence-electron chi connectivity index (χ0n) is 9.30. The Bertz CT molecular complexity index is 458. The SMILES string of the molecule is N#Cc1cnn(C2CN(CC(O)C(F)(F)F)C2)c1. The first-order valence-corrected chi connectivity index (χ1v) is 5.31. The molecule has 0 aliphatic carbocycles. The second-order valence-corrected chi connectivity index (χ2v) is 4.25. The second-order valence-electron chi connectivity index (χ2n) is 4.25. The van der Waals surface area contributed by atoms with E-state index in [1.54, 1.807) is 10.9 Å². The highest BCUT2D eigenvalue weighted by Crippen LogP contribution is 2.25. The van der Waals surface area contributed by atoms with E-state index in [0.717, 1.165) is 0 Å². The summed E-state index contributed by atoms with van der Waals surface area (Å²) in [5.41, 5.74) is 0.420. The molecule has 0 spiro atoms. The molecule has 1 saturated heterocycles. The zero-order valence-corrected chi connectivity index (χ0v) is 9.30. The largest absolute Gasteiger partial charge is 0.415 e. The molecule has 98 valence electrons. The fraction of sp³-hybridized carbons (Fsp3) is 0.600. The summed E-state index contributed by atoms with van der Waals surface area (Å²) < 4.78 is 37.9. The van der Waals surface area contributed by atoms with Gasteiger partial charge in [-0.2, -0.15) is 23.5 Å². The van der Waals surface area contributed by atoms with E-state index < -0.39 is 18.8 Å². The van der Waals surface area contributed by atoms with Crippen LogP contribution in [-0.4, -0.2) is 51.7 Å². The van der Waals surface area contributed by atoms with E-state index >= 15 is 0 Å². The summed E-state index contributed by atoms with van der Waals surface area (Å²) in [7, 11) is 0. The molecule has 5 nitrogen and oxygen atoms in total. The van der Waals surface area contributed by atoms with Crippen molar-refractivity contribution < 1.29 is 18.3 Å². The quantitative estimate of drug-likeness (QED) is 0.861. The maximum absolute atomic E-state index is 12.1. The minimum Gasteiger partial charge on any atom is -0.382 e. The number of aliphatic hydroxyl groups excluding tert-OH is 1. The van der Waals surface area contributed by atoms with Gasteiger partial charge < -0.3 is 5.11 Å². The molecule has 0 aromatic carbocycles. The van der Waals surface area contributed by atoms with Gasteiger partial charge in [0.15, 0.2) is 6.10 Å². The van der Waals surface area contributed by atoms with Crippen LogP contribution in [0.15, 0.2) is 12.4 Å². The highest BCUT2D eigenvalue weighted by molar-refractivity contribution is 5.22. The fourth-order valence-electron chi connectivity index (χ4n) is 1.80. The van der Waals surface area contributed by atoms with Gasteiger partial charge in [0.1, 0.15) is 6.07 Å². The molecule has 1 aliphatic rings. The second kappa shape index (κ2) is 4.59. The monoisotopic (exact) mass is 260 g/mol. The maximum atomic E-state index is 12.1. The molecule has 8 heteroatoms. The van der Waals surface area contributed by atoms with Crippen molar-refractivity contribution in [1.29, 1.82) is 5.26 Å². The van der Waals surface area contributed by atoms with Gasteiger partial charge in [-0.1, -0.05) is 0 Å². The average molecular weight is 260 g/mol. The number of hydrogen-bond donors (Lipinski definition) is 1. The number of likely N-dealkylation sites (tertiary alicyclic amines) is 1. The van der Waals surface area contributed by atoms with Crippen molar-refractivity contribution in [2.45, 2.75) is 18.3 Å². The molecule has 1 fully saturated rings. The minimum absolute atomic E-state index is 0.0347. The topological polar surface area (TPSA) is 65.1 Å². The molecule has 0 radical (unpaired) electrons. The summed E-state index contributed by atoms with van der Waals surface area (Å²) in [6.07, 6.45) is -3.93. The van der Waals surface area contributed by atoms with Gasteiger partial charge in [-0.05, 0) is 0 Å². The summed E-state index contributed by atoms with van der Waals surface area (Å²) >= 11 is 0. The van der Waals surface area contributed by atoms with Gasteiger partial charge in [-0.25, -0.2) is 0 Å². The van der Waals surface area contributed by atoms with E-state index in [0.29, 0.717) is 18.7 Å². The molecule has 18 heavy (non-hydrogen) atoms. The fourth-order valence-corrected chi connectivity index (χ4v) is 1.80. The normalized spacial score (nSPS) is 19.3. The molecule has 1 aromatic heterocycles. The number of aromatic nitrogens is 2. The van der Waals surface area contributed by atoms with Crippen molar-refractivity contribution in [2.24, 2.45) is 0 Å². The van der Waals surface area contributed by atoms with Crippen molar-refractivity contribution in [1.82, 2.24) is 14.7 Å². The van der Waals surface area contributed by atoms with Crippen molar-refractivity contribution in [3.8, 4) is 6.07 Å². The standard InChI is InChI=1S/C10H11F3N4O/c11-10(12,13)9(18)6-16-4-8(5-16)17-3-7(1-14)2-15-17/h2-3,8-9,18H,4-6H2. The number of aliphatic hydroxyl groups is 1. The molecule has 2 heterocycles. The number of nitriles is 1. The molecule has 1 atom stereocenters. The third-order valence-electron chi connectivity index (χ3n) is 2.85. The maximum Gasteiger partial charge on any atom is 0.415 e. The Morgan fingerprint density at radius 1 is 1.56 bits per heavy atom. The molecule has 1 aromatic rings. The molecular formula is C10H11F3N4O. The van der Waals surface area contributed by atoms with Gasteiger partial charge in [0.05, 0.1) is 17.8 Å². The number of β-amino-alcohol motifs (C(OH)–C–C–N with tert-alkyl or cyclic N) is 1. The van der Waals surface area contributed by atoms with E-state index in [1.807, 2.05) is 6.07 Å². The molecule has 0 bridgehead atoms. The lowest BCUT2D eigenvalue weighted by Crippen LogP contribution is -2.52. The molecular weight excluding hydrogens is 249 g/mol. The number of nitrogens with zero attached hydrogens (tertiary/aromatic N) is 4. The van der Waals surface area contributed by atoms with Crippen molar-refractivity contribution in [2.75, 3.05) is 19.6 Å². The lowest BCUT2D eigenvalue weighted by molar-refractivity contribution is -0.211. The van der Waals surface area contributed by atoms with Gasteiger partial charge in [0.25, 0.3) is 0 Å². The Balaban J connectivity index is 1.82. The predicted octanol–water partition coefficient (Wildman–Crippen LogP) is 0.535. The molecule has 0 saturated carbocycles. The van der Waals surface area contributed by atoms with Crippen molar-refractivity contribution >= 4 is 0 Å². The highest BCUT2D eigenvalue weighted by Gasteiger charge is 2.41. The van der Waals surface area contributed by atoms with Crippen LogP contribution in [0.4, 0.5) is 13.2 Å². The van der Waals surface area contributed by atoms with E-state index in [2.05, 4.69) is 5.10 Å². The minimum atomic E-state index is -4.58. The van der Waals surface area contributed by atoms with Crippen LogP contribution >= 0.6 is 0 Å². The van der Waals surface area contributed by atoms with Crippen LogP contribution in [0.2, 0.25) is 0 Å². The first-order chi connectivity index (χ1) is 8.40. The number of alkyl halides is 3. The molecule has 1 aliphatic heterocycles. The smallest absolute Gasteiger partial charge is 0.382 e. The summed E-state index contributed by atoms with van der Waals surface area (Å²) in [6, 6.07) is 1.89. The van der Waals surface area contributed by atoms with Gasteiger partial charge in [0.2, 0.25) is 0 Å². The Kier molecular flexibility index (Phi) is 3.28. The summed E-state index contributed by atoms with van der Waals surface area (Å²) in [5, 5.41) is 21.5. The molecule has 1 N–H and O–H groups in total. The van der Waals surface area contributed by atoms with Crippen LogP contribution in [-0.2, 0) is 0 Å². The van der Waals surface area contributed by atoms with Gasteiger partial charge in [0, 0.05) is 25.8 Å². The predicted molar refractivity (Wildman–Crippen MR) is 54.5 cm³/mol. The number of rotatable bonds is 3. The molecule has 0 amide bonds. The average Bonchev–Trinajstić information content (AvgIpc) is 2.69. The van der Waals surface area contributed by atoms with E-state index in [-0.39, 0.29) is 6.04 Å². The van der Waals surface area contributed by atoms with Crippen LogP contribution in [0.25, 0.3) is 0 Å². The van der Waals surface area contributed by atoms with Gasteiger partial charge in [-0.3, -0.25) is 9.58 Å². The summed E-state index contributed by atoms with van der Waals surface area (Å²) in [5.74, 6) is 0. The Morgan fingerprint density at radius 3 is 2.72 bits per heavy atom.